The summed E-state index contributed by atoms with van der Waals surface area (Å²) >= 11 is 0. The Bertz CT molecular complexity index is 865. The molecule has 1 aromatic heterocycles. The Morgan fingerprint density at radius 2 is 1.92 bits per heavy atom. The number of aryl methyl sites for hydroxylation is 1. The molecule has 0 atom stereocenters. The summed E-state index contributed by atoms with van der Waals surface area (Å²) in [5.74, 6) is 0. The van der Waals surface area contributed by atoms with Crippen LogP contribution >= 0.6 is 0 Å². The lowest BCUT2D eigenvalue weighted by molar-refractivity contribution is 0.112. The largest absolute Gasteiger partial charge is 0.305 e. The number of hydrogen-bond donors (Lipinski definition) is 0. The number of carbonyl (C=O) groups is 1. The molecule has 0 N–H and O–H groups in total. The van der Waals surface area contributed by atoms with Crippen molar-refractivity contribution in [2.75, 3.05) is 14.1 Å². The first-order chi connectivity index (χ1) is 11.6. The Hall–Kier alpha value is -2.72. The second-order valence-electron chi connectivity index (χ2n) is 6.26. The molecule has 0 unspecified atom stereocenters. The van der Waals surface area contributed by atoms with Crippen molar-refractivity contribution in [3.63, 3.8) is 0 Å². The van der Waals surface area contributed by atoms with Crippen LogP contribution in [0.4, 0.5) is 0 Å². The highest BCUT2D eigenvalue weighted by Gasteiger charge is 2.10. The summed E-state index contributed by atoms with van der Waals surface area (Å²) in [4.78, 5) is 13.1. The molecule has 4 nitrogen and oxygen atoms in total. The summed E-state index contributed by atoms with van der Waals surface area (Å²) in [6.45, 7) is 2.95. The van der Waals surface area contributed by atoms with Gasteiger partial charge in [-0.15, -0.1) is 0 Å². The van der Waals surface area contributed by atoms with Crippen molar-refractivity contribution >= 4 is 6.29 Å². The van der Waals surface area contributed by atoms with Crippen LogP contribution in [0.5, 0.6) is 0 Å². The van der Waals surface area contributed by atoms with Crippen molar-refractivity contribution in [3.05, 3.63) is 71.4 Å². The summed E-state index contributed by atoms with van der Waals surface area (Å²) in [5.41, 5.74) is 5.97. The molecule has 0 aliphatic carbocycles. The van der Waals surface area contributed by atoms with Gasteiger partial charge in [0.15, 0.2) is 0 Å². The zero-order chi connectivity index (χ0) is 17.1. The lowest BCUT2D eigenvalue weighted by atomic mass is 10.1. The van der Waals surface area contributed by atoms with Gasteiger partial charge in [0, 0.05) is 23.9 Å². The van der Waals surface area contributed by atoms with Gasteiger partial charge >= 0.3 is 0 Å². The van der Waals surface area contributed by atoms with Crippen molar-refractivity contribution < 1.29 is 4.79 Å². The minimum atomic E-state index is 0.648. The predicted octanol–water partition coefficient (Wildman–Crippen LogP) is 3.72. The van der Waals surface area contributed by atoms with Gasteiger partial charge in [0.2, 0.25) is 0 Å². The third-order valence-electron chi connectivity index (χ3n) is 3.87. The summed E-state index contributed by atoms with van der Waals surface area (Å²) in [6.07, 6.45) is 2.85. The number of carbonyl (C=O) groups excluding carboxylic acids is 1. The maximum absolute atomic E-state index is 11.0. The monoisotopic (exact) mass is 319 g/mol. The molecular weight excluding hydrogens is 298 g/mol. The molecule has 0 saturated carbocycles. The van der Waals surface area contributed by atoms with Crippen LogP contribution in [0.25, 0.3) is 16.9 Å². The highest BCUT2D eigenvalue weighted by molar-refractivity contribution is 5.76. The van der Waals surface area contributed by atoms with E-state index in [0.717, 1.165) is 35.3 Å². The standard InChI is InChI=1S/C20H21N3O/c1-15-12-23(19-9-5-7-17(11-19)14-24)21-20(15)18-8-4-6-16(10-18)13-22(2)3/h4-12,14H,13H2,1-3H3. The van der Waals surface area contributed by atoms with E-state index >= 15 is 0 Å². The van der Waals surface area contributed by atoms with E-state index in [0.29, 0.717) is 5.56 Å². The molecule has 0 fully saturated rings. The van der Waals surface area contributed by atoms with E-state index < -0.39 is 0 Å². The highest BCUT2D eigenvalue weighted by atomic mass is 16.1. The van der Waals surface area contributed by atoms with Crippen LogP contribution in [0.2, 0.25) is 0 Å². The number of aldehydes is 1. The maximum Gasteiger partial charge on any atom is 0.150 e. The van der Waals surface area contributed by atoms with Gasteiger partial charge in [0.25, 0.3) is 0 Å². The second kappa shape index (κ2) is 6.81. The summed E-state index contributed by atoms with van der Waals surface area (Å²) < 4.78 is 1.83. The smallest absolute Gasteiger partial charge is 0.150 e. The number of benzene rings is 2. The first-order valence-electron chi connectivity index (χ1n) is 7.93. The van der Waals surface area contributed by atoms with Gasteiger partial charge in [-0.1, -0.05) is 30.3 Å². The van der Waals surface area contributed by atoms with Crippen molar-refractivity contribution in [1.82, 2.24) is 14.7 Å². The van der Waals surface area contributed by atoms with E-state index in [9.17, 15) is 4.79 Å². The van der Waals surface area contributed by atoms with Gasteiger partial charge in [-0.2, -0.15) is 5.10 Å². The van der Waals surface area contributed by atoms with Crippen molar-refractivity contribution in [2.45, 2.75) is 13.5 Å². The van der Waals surface area contributed by atoms with Crippen LogP contribution < -0.4 is 0 Å². The minimum absolute atomic E-state index is 0.648. The Morgan fingerprint density at radius 1 is 1.12 bits per heavy atom. The minimum Gasteiger partial charge on any atom is -0.305 e. The van der Waals surface area contributed by atoms with Crippen molar-refractivity contribution in [2.24, 2.45) is 0 Å². The number of rotatable bonds is 5. The van der Waals surface area contributed by atoms with Crippen LogP contribution in [0.3, 0.4) is 0 Å². The molecule has 0 amide bonds. The van der Waals surface area contributed by atoms with E-state index in [1.54, 1.807) is 6.07 Å². The van der Waals surface area contributed by atoms with Crippen molar-refractivity contribution in [3.8, 4) is 16.9 Å². The van der Waals surface area contributed by atoms with Crippen LogP contribution in [-0.2, 0) is 6.54 Å². The van der Waals surface area contributed by atoms with Gasteiger partial charge in [-0.05, 0) is 50.3 Å². The predicted molar refractivity (Wildman–Crippen MR) is 96.5 cm³/mol. The van der Waals surface area contributed by atoms with Gasteiger partial charge < -0.3 is 4.90 Å². The molecule has 0 saturated heterocycles. The molecule has 0 aliphatic heterocycles. The SMILES string of the molecule is Cc1cn(-c2cccc(C=O)c2)nc1-c1cccc(CN(C)C)c1. The van der Waals surface area contributed by atoms with E-state index in [2.05, 4.69) is 50.2 Å². The first-order valence-corrected chi connectivity index (χ1v) is 7.93. The lowest BCUT2D eigenvalue weighted by Gasteiger charge is -2.10. The average molecular weight is 319 g/mol. The number of nitrogens with zero attached hydrogens (tertiary/aromatic N) is 3. The first kappa shape index (κ1) is 16.1. The molecule has 3 rings (SSSR count). The second-order valence-corrected chi connectivity index (χ2v) is 6.26. The Balaban J connectivity index is 1.98. The van der Waals surface area contributed by atoms with E-state index in [1.165, 1.54) is 5.56 Å². The maximum atomic E-state index is 11.0. The van der Waals surface area contributed by atoms with Crippen LogP contribution in [-0.4, -0.2) is 35.1 Å². The third kappa shape index (κ3) is 3.44. The van der Waals surface area contributed by atoms with E-state index in [-0.39, 0.29) is 0 Å². The Kier molecular flexibility index (Phi) is 4.58. The molecule has 122 valence electrons. The Labute approximate surface area is 142 Å². The molecule has 0 radical (unpaired) electrons. The third-order valence-corrected chi connectivity index (χ3v) is 3.87. The Morgan fingerprint density at radius 3 is 2.67 bits per heavy atom. The molecule has 1 heterocycles. The molecule has 4 heteroatoms. The fourth-order valence-electron chi connectivity index (χ4n) is 2.80. The zero-order valence-electron chi connectivity index (χ0n) is 14.2. The molecule has 24 heavy (non-hydrogen) atoms. The van der Waals surface area contributed by atoms with E-state index in [1.807, 2.05) is 29.1 Å². The van der Waals surface area contributed by atoms with Crippen LogP contribution in [0.1, 0.15) is 21.5 Å². The summed E-state index contributed by atoms with van der Waals surface area (Å²) in [7, 11) is 4.12. The molecular formula is C20H21N3O. The summed E-state index contributed by atoms with van der Waals surface area (Å²) in [6, 6.07) is 15.9. The molecule has 2 aromatic carbocycles. The summed E-state index contributed by atoms with van der Waals surface area (Å²) in [5, 5.41) is 4.73. The van der Waals surface area contributed by atoms with Gasteiger partial charge in [-0.3, -0.25) is 4.79 Å². The number of hydrogen-bond acceptors (Lipinski definition) is 3. The molecule has 0 bridgehead atoms. The van der Waals surface area contributed by atoms with Crippen LogP contribution in [0.15, 0.2) is 54.7 Å². The average Bonchev–Trinajstić information content (AvgIpc) is 2.96. The normalized spacial score (nSPS) is 11.0. The van der Waals surface area contributed by atoms with Crippen molar-refractivity contribution in [1.29, 1.82) is 0 Å². The fourth-order valence-corrected chi connectivity index (χ4v) is 2.80. The topological polar surface area (TPSA) is 38.1 Å². The number of aromatic nitrogens is 2. The molecule has 0 spiro atoms. The quantitative estimate of drug-likeness (QED) is 0.673. The molecule has 3 aromatic rings. The van der Waals surface area contributed by atoms with E-state index in [4.69, 9.17) is 5.10 Å². The van der Waals surface area contributed by atoms with Gasteiger partial charge in [-0.25, -0.2) is 4.68 Å². The highest BCUT2D eigenvalue weighted by Crippen LogP contribution is 2.24. The zero-order valence-corrected chi connectivity index (χ0v) is 14.2. The lowest BCUT2D eigenvalue weighted by Crippen LogP contribution is -2.10. The van der Waals surface area contributed by atoms with Crippen LogP contribution in [0, 0.1) is 6.92 Å². The van der Waals surface area contributed by atoms with Gasteiger partial charge in [0.1, 0.15) is 6.29 Å². The van der Waals surface area contributed by atoms with Gasteiger partial charge in [0.05, 0.1) is 11.4 Å². The fraction of sp³-hybridized carbons (Fsp3) is 0.200. The molecule has 0 aliphatic rings.